The molecule has 0 bridgehead atoms. The van der Waals surface area contributed by atoms with E-state index in [0.717, 1.165) is 12.3 Å². The zero-order valence-corrected chi connectivity index (χ0v) is 12.7. The summed E-state index contributed by atoms with van der Waals surface area (Å²) in [5.74, 6) is 0. The van der Waals surface area contributed by atoms with Gasteiger partial charge in [-0.25, -0.2) is 21.6 Å². The first-order valence-electron chi connectivity index (χ1n) is 5.80. The monoisotopic (exact) mass is 330 g/mol. The lowest BCUT2D eigenvalue weighted by Crippen LogP contribution is -2.24. The second kappa shape index (κ2) is 5.51. The summed E-state index contributed by atoms with van der Waals surface area (Å²) < 4.78 is 54.6. The van der Waals surface area contributed by atoms with Crippen LogP contribution in [0.3, 0.4) is 0 Å². The van der Waals surface area contributed by atoms with E-state index in [1.807, 2.05) is 0 Å². The molecule has 1 aromatic carbocycles. The molecule has 2 rings (SSSR count). The third-order valence-electron chi connectivity index (χ3n) is 2.75. The van der Waals surface area contributed by atoms with Gasteiger partial charge in [-0.05, 0) is 24.3 Å². The molecule has 114 valence electrons. The predicted octanol–water partition coefficient (Wildman–Crippen LogP) is 0.744. The van der Waals surface area contributed by atoms with Crippen LogP contribution in [0, 0.1) is 0 Å². The zero-order valence-electron chi connectivity index (χ0n) is 11.1. The van der Waals surface area contributed by atoms with Crippen LogP contribution < -0.4 is 10.5 Å². The Kier molecular flexibility index (Phi) is 4.08. The highest BCUT2D eigenvalue weighted by Gasteiger charge is 2.20. The Balaban J connectivity index is 2.35. The number of anilines is 1. The molecule has 0 amide bonds. The van der Waals surface area contributed by atoms with Crippen LogP contribution in [0.25, 0.3) is 0 Å². The van der Waals surface area contributed by atoms with Gasteiger partial charge in [-0.3, -0.25) is 0 Å². The summed E-state index contributed by atoms with van der Waals surface area (Å²) in [6.45, 7) is 0.0153. The van der Waals surface area contributed by atoms with E-state index in [1.165, 1.54) is 24.7 Å². The third-order valence-corrected chi connectivity index (χ3v) is 5.32. The number of benzene rings is 1. The van der Waals surface area contributed by atoms with Gasteiger partial charge < -0.3 is 10.2 Å². The smallest absolute Gasteiger partial charge is 0.242 e. The molecule has 0 saturated heterocycles. The van der Waals surface area contributed by atoms with Gasteiger partial charge in [0.15, 0.2) is 9.84 Å². The fourth-order valence-electron chi connectivity index (χ4n) is 1.63. The molecule has 0 aliphatic rings. The van der Waals surface area contributed by atoms with Gasteiger partial charge in [-0.2, -0.15) is 0 Å². The first kappa shape index (κ1) is 15.5. The maximum Gasteiger partial charge on any atom is 0.242 e. The highest BCUT2D eigenvalue weighted by molar-refractivity contribution is 7.91. The number of nitrogens with two attached hydrogens (primary N) is 1. The summed E-state index contributed by atoms with van der Waals surface area (Å²) in [5.41, 5.74) is 6.25. The van der Waals surface area contributed by atoms with Crippen molar-refractivity contribution in [3.63, 3.8) is 0 Å². The van der Waals surface area contributed by atoms with E-state index < -0.39 is 19.9 Å². The Morgan fingerprint density at radius 1 is 1.19 bits per heavy atom. The van der Waals surface area contributed by atoms with Crippen molar-refractivity contribution in [2.45, 2.75) is 16.3 Å². The molecule has 7 nitrogen and oxygen atoms in total. The summed E-state index contributed by atoms with van der Waals surface area (Å²) >= 11 is 0. The topological polar surface area (TPSA) is 119 Å². The minimum absolute atomic E-state index is 0.0153. The van der Waals surface area contributed by atoms with Gasteiger partial charge in [-0.15, -0.1) is 0 Å². The molecule has 3 N–H and O–H groups in total. The Labute approximate surface area is 122 Å². The van der Waals surface area contributed by atoms with E-state index >= 15 is 0 Å². The Hall–Kier alpha value is -1.84. The molecule has 2 aromatic rings. The molecule has 21 heavy (non-hydrogen) atoms. The average Bonchev–Trinajstić information content (AvgIpc) is 2.88. The van der Waals surface area contributed by atoms with Crippen molar-refractivity contribution in [1.29, 1.82) is 0 Å². The quantitative estimate of drug-likeness (QED) is 0.780. The molecule has 0 atom stereocenters. The van der Waals surface area contributed by atoms with Crippen molar-refractivity contribution in [3.8, 4) is 0 Å². The molecular formula is C12H14N2O5S2. The number of sulfone groups is 1. The van der Waals surface area contributed by atoms with E-state index in [2.05, 4.69) is 4.72 Å². The first-order chi connectivity index (χ1) is 9.70. The summed E-state index contributed by atoms with van der Waals surface area (Å²) in [5, 5.41) is 0. The summed E-state index contributed by atoms with van der Waals surface area (Å²) in [6, 6.07) is 5.17. The average molecular weight is 330 g/mol. The maximum absolute atomic E-state index is 12.2. The lowest BCUT2D eigenvalue weighted by Gasteiger charge is -2.10. The molecule has 0 radical (unpaired) electrons. The number of rotatable bonds is 5. The Morgan fingerprint density at radius 2 is 1.90 bits per heavy atom. The van der Waals surface area contributed by atoms with Crippen molar-refractivity contribution in [2.75, 3.05) is 12.0 Å². The molecule has 0 aliphatic heterocycles. The van der Waals surface area contributed by atoms with Crippen LogP contribution in [0.4, 0.5) is 5.69 Å². The summed E-state index contributed by atoms with van der Waals surface area (Å²) in [7, 11) is -7.45. The fraction of sp³-hybridized carbons (Fsp3) is 0.167. The molecule has 9 heteroatoms. The van der Waals surface area contributed by atoms with E-state index in [0.29, 0.717) is 5.56 Å². The van der Waals surface area contributed by atoms with Crippen molar-refractivity contribution in [1.82, 2.24) is 4.72 Å². The largest absolute Gasteiger partial charge is 0.472 e. The third kappa shape index (κ3) is 3.63. The number of nitrogen functional groups attached to an aromatic ring is 1. The van der Waals surface area contributed by atoms with Crippen LogP contribution in [0.5, 0.6) is 0 Å². The zero-order chi connectivity index (χ0) is 15.7. The first-order valence-corrected chi connectivity index (χ1v) is 9.18. The van der Waals surface area contributed by atoms with Gasteiger partial charge in [0.2, 0.25) is 10.0 Å². The van der Waals surface area contributed by atoms with E-state index in [1.54, 1.807) is 6.07 Å². The second-order valence-electron chi connectivity index (χ2n) is 4.43. The molecule has 1 aromatic heterocycles. The van der Waals surface area contributed by atoms with E-state index in [9.17, 15) is 16.8 Å². The maximum atomic E-state index is 12.2. The van der Waals surface area contributed by atoms with Crippen LogP contribution in [0.1, 0.15) is 5.56 Å². The number of hydrogen-bond donors (Lipinski definition) is 2. The van der Waals surface area contributed by atoms with E-state index in [4.69, 9.17) is 10.2 Å². The van der Waals surface area contributed by atoms with Gasteiger partial charge in [0.25, 0.3) is 0 Å². The van der Waals surface area contributed by atoms with Gasteiger partial charge in [0, 0.05) is 18.4 Å². The van der Waals surface area contributed by atoms with E-state index in [-0.39, 0.29) is 22.0 Å². The molecule has 0 aliphatic carbocycles. The molecule has 0 unspecified atom stereocenters. The highest BCUT2D eigenvalue weighted by Crippen LogP contribution is 2.22. The minimum atomic E-state index is -3.93. The van der Waals surface area contributed by atoms with Gasteiger partial charge >= 0.3 is 0 Å². The number of nitrogens with one attached hydrogen (secondary N) is 1. The summed E-state index contributed by atoms with van der Waals surface area (Å²) in [6.07, 6.45) is 3.81. The van der Waals surface area contributed by atoms with Gasteiger partial charge in [0.05, 0.1) is 23.1 Å². The SMILES string of the molecule is CS(=O)(=O)c1ccc(N)c(S(=O)(=O)NCc2ccoc2)c1. The van der Waals surface area contributed by atoms with Crippen LogP contribution >= 0.6 is 0 Å². The highest BCUT2D eigenvalue weighted by atomic mass is 32.2. The van der Waals surface area contributed by atoms with Crippen molar-refractivity contribution in [2.24, 2.45) is 0 Å². The van der Waals surface area contributed by atoms with Crippen molar-refractivity contribution < 1.29 is 21.3 Å². The molecular weight excluding hydrogens is 316 g/mol. The van der Waals surface area contributed by atoms with Gasteiger partial charge in [-0.1, -0.05) is 0 Å². The van der Waals surface area contributed by atoms with Crippen molar-refractivity contribution in [3.05, 3.63) is 42.4 Å². The minimum Gasteiger partial charge on any atom is -0.472 e. The van der Waals surface area contributed by atoms with Crippen LogP contribution in [0.15, 0.2) is 51.0 Å². The number of hydrogen-bond acceptors (Lipinski definition) is 6. The molecule has 0 saturated carbocycles. The number of furan rings is 1. The van der Waals surface area contributed by atoms with Crippen LogP contribution in [-0.4, -0.2) is 23.1 Å². The molecule has 1 heterocycles. The normalized spacial score (nSPS) is 12.4. The standard InChI is InChI=1S/C12H14N2O5S2/c1-20(15,16)10-2-3-11(13)12(6-10)21(17,18)14-7-9-4-5-19-8-9/h2-6,8,14H,7,13H2,1H3. The fourth-order valence-corrected chi connectivity index (χ4v) is 3.52. The lowest BCUT2D eigenvalue weighted by atomic mass is 10.3. The van der Waals surface area contributed by atoms with Crippen LogP contribution in [-0.2, 0) is 26.4 Å². The molecule has 0 fully saturated rings. The summed E-state index contributed by atoms with van der Waals surface area (Å²) in [4.78, 5) is -0.380. The Morgan fingerprint density at radius 3 is 2.48 bits per heavy atom. The predicted molar refractivity (Wildman–Crippen MR) is 76.7 cm³/mol. The number of sulfonamides is 1. The lowest BCUT2D eigenvalue weighted by molar-refractivity contribution is 0.561. The molecule has 0 spiro atoms. The second-order valence-corrected chi connectivity index (χ2v) is 8.18. The van der Waals surface area contributed by atoms with Gasteiger partial charge in [0.1, 0.15) is 4.90 Å². The van der Waals surface area contributed by atoms with Crippen molar-refractivity contribution >= 4 is 25.5 Å². The van der Waals surface area contributed by atoms with Crippen LogP contribution in [0.2, 0.25) is 0 Å². The Bertz CT molecular complexity index is 840.